The fourth-order valence-corrected chi connectivity index (χ4v) is 3.68. The Morgan fingerprint density at radius 2 is 1.88 bits per heavy atom. The van der Waals surface area contributed by atoms with Crippen molar-refractivity contribution in [2.45, 2.75) is 70.9 Å². The van der Waals surface area contributed by atoms with Gasteiger partial charge in [-0.25, -0.2) is 0 Å². The molecule has 2 heteroatoms. The molecule has 0 bridgehead atoms. The van der Waals surface area contributed by atoms with E-state index in [0.717, 1.165) is 24.4 Å². The number of rotatable bonds is 4. The predicted molar refractivity (Wildman–Crippen MR) is 74.0 cm³/mol. The van der Waals surface area contributed by atoms with E-state index in [1.165, 1.54) is 45.1 Å². The van der Waals surface area contributed by atoms with E-state index in [1.54, 1.807) is 0 Å². The molecule has 1 saturated heterocycles. The first-order valence-electron chi connectivity index (χ1n) is 7.52. The lowest BCUT2D eigenvalue weighted by atomic mass is 9.74. The van der Waals surface area contributed by atoms with Gasteiger partial charge in [0.15, 0.2) is 0 Å². The molecule has 0 aromatic carbocycles. The van der Waals surface area contributed by atoms with Gasteiger partial charge in [-0.2, -0.15) is 0 Å². The topological polar surface area (TPSA) is 29.3 Å². The van der Waals surface area contributed by atoms with Gasteiger partial charge in [0.2, 0.25) is 0 Å². The van der Waals surface area contributed by atoms with Crippen molar-refractivity contribution in [3.8, 4) is 0 Å². The van der Waals surface area contributed by atoms with Gasteiger partial charge in [-0.3, -0.25) is 4.90 Å². The molecule has 2 fully saturated rings. The molecule has 3 unspecified atom stereocenters. The maximum Gasteiger partial charge on any atom is 0.0309 e. The van der Waals surface area contributed by atoms with E-state index in [0.29, 0.717) is 0 Å². The quantitative estimate of drug-likeness (QED) is 0.816. The highest BCUT2D eigenvalue weighted by atomic mass is 15.2. The van der Waals surface area contributed by atoms with Crippen LogP contribution >= 0.6 is 0 Å². The number of piperidine rings is 1. The van der Waals surface area contributed by atoms with Crippen molar-refractivity contribution in [1.29, 1.82) is 0 Å². The Bertz CT molecular complexity index is 249. The summed E-state index contributed by atoms with van der Waals surface area (Å²) in [6.07, 6.45) is 8.38. The molecule has 2 N–H and O–H groups in total. The monoisotopic (exact) mass is 238 g/mol. The third-order valence-electron chi connectivity index (χ3n) is 5.20. The largest absolute Gasteiger partial charge is 0.329 e. The molecular formula is C15H30N2. The second kappa shape index (κ2) is 5.27. The van der Waals surface area contributed by atoms with Crippen LogP contribution in [0.5, 0.6) is 0 Å². The fraction of sp³-hybridized carbons (Fsp3) is 1.00. The Morgan fingerprint density at radius 3 is 2.41 bits per heavy atom. The highest BCUT2D eigenvalue weighted by molar-refractivity contribution is 4.95. The van der Waals surface area contributed by atoms with Gasteiger partial charge in [-0.1, -0.05) is 26.2 Å². The van der Waals surface area contributed by atoms with E-state index in [-0.39, 0.29) is 5.54 Å². The molecule has 0 aromatic heterocycles. The smallest absolute Gasteiger partial charge is 0.0309 e. The van der Waals surface area contributed by atoms with Gasteiger partial charge in [0.25, 0.3) is 0 Å². The van der Waals surface area contributed by atoms with Crippen LogP contribution in [0.1, 0.15) is 59.3 Å². The molecule has 17 heavy (non-hydrogen) atoms. The summed E-state index contributed by atoms with van der Waals surface area (Å²) >= 11 is 0. The number of hydrogen-bond acceptors (Lipinski definition) is 2. The molecule has 2 rings (SSSR count). The molecule has 2 nitrogen and oxygen atoms in total. The van der Waals surface area contributed by atoms with Crippen LogP contribution in [0.2, 0.25) is 0 Å². The Kier molecular flexibility index (Phi) is 4.14. The molecule has 0 amide bonds. The van der Waals surface area contributed by atoms with Gasteiger partial charge < -0.3 is 5.73 Å². The van der Waals surface area contributed by atoms with Gasteiger partial charge in [0.05, 0.1) is 0 Å². The number of nitrogens with two attached hydrogens (primary N) is 1. The Balaban J connectivity index is 2.02. The SMILES string of the molecule is CC1CCC(C)N(C(C)(CN)CC2CCC2)C1. The van der Waals surface area contributed by atoms with Gasteiger partial charge in [0.1, 0.15) is 0 Å². The van der Waals surface area contributed by atoms with E-state index in [4.69, 9.17) is 5.73 Å². The summed E-state index contributed by atoms with van der Waals surface area (Å²) in [5, 5.41) is 0. The zero-order valence-corrected chi connectivity index (χ0v) is 11.9. The van der Waals surface area contributed by atoms with Crippen molar-refractivity contribution in [2.24, 2.45) is 17.6 Å². The van der Waals surface area contributed by atoms with E-state index in [1.807, 2.05) is 0 Å². The molecule has 100 valence electrons. The Hall–Kier alpha value is -0.0800. The molecule has 1 saturated carbocycles. The average molecular weight is 238 g/mol. The highest BCUT2D eigenvalue weighted by Crippen LogP contribution is 2.38. The number of hydrogen-bond donors (Lipinski definition) is 1. The van der Waals surface area contributed by atoms with Crippen molar-refractivity contribution in [2.75, 3.05) is 13.1 Å². The van der Waals surface area contributed by atoms with Crippen LogP contribution in [0.15, 0.2) is 0 Å². The minimum atomic E-state index is 0.249. The molecule has 3 atom stereocenters. The first kappa shape index (κ1) is 13.4. The summed E-state index contributed by atoms with van der Waals surface area (Å²) in [7, 11) is 0. The average Bonchev–Trinajstić information content (AvgIpc) is 2.27. The number of nitrogens with zero attached hydrogens (tertiary/aromatic N) is 1. The van der Waals surface area contributed by atoms with Crippen molar-refractivity contribution in [3.63, 3.8) is 0 Å². The third-order valence-corrected chi connectivity index (χ3v) is 5.20. The Morgan fingerprint density at radius 1 is 1.18 bits per heavy atom. The summed E-state index contributed by atoms with van der Waals surface area (Å²) in [6, 6.07) is 0.722. The lowest BCUT2D eigenvalue weighted by Crippen LogP contribution is -2.59. The van der Waals surface area contributed by atoms with Crippen LogP contribution < -0.4 is 5.73 Å². The molecule has 0 aromatic rings. The first-order valence-corrected chi connectivity index (χ1v) is 7.52. The third kappa shape index (κ3) is 2.85. The summed E-state index contributed by atoms with van der Waals surface area (Å²) in [5.74, 6) is 1.80. The van der Waals surface area contributed by atoms with Crippen LogP contribution in [0.25, 0.3) is 0 Å². The molecule has 2 aliphatic rings. The second-order valence-electron chi connectivity index (χ2n) is 6.89. The van der Waals surface area contributed by atoms with Crippen LogP contribution in [0.3, 0.4) is 0 Å². The van der Waals surface area contributed by atoms with Crippen molar-refractivity contribution in [3.05, 3.63) is 0 Å². The van der Waals surface area contributed by atoms with E-state index < -0.39 is 0 Å². The molecule has 0 radical (unpaired) electrons. The van der Waals surface area contributed by atoms with Crippen LogP contribution in [0, 0.1) is 11.8 Å². The summed E-state index contributed by atoms with van der Waals surface area (Å²) in [4.78, 5) is 2.72. The zero-order chi connectivity index (χ0) is 12.5. The zero-order valence-electron chi connectivity index (χ0n) is 11.9. The summed E-state index contributed by atoms with van der Waals surface area (Å²) in [6.45, 7) is 9.25. The Labute approximate surface area is 107 Å². The van der Waals surface area contributed by atoms with E-state index in [9.17, 15) is 0 Å². The molecule has 0 spiro atoms. The molecular weight excluding hydrogens is 208 g/mol. The fourth-order valence-electron chi connectivity index (χ4n) is 3.68. The maximum atomic E-state index is 6.13. The minimum absolute atomic E-state index is 0.249. The molecule has 1 heterocycles. The van der Waals surface area contributed by atoms with Gasteiger partial charge >= 0.3 is 0 Å². The van der Waals surface area contributed by atoms with Crippen LogP contribution in [-0.2, 0) is 0 Å². The first-order chi connectivity index (χ1) is 8.05. The molecule has 1 aliphatic heterocycles. The lowest BCUT2D eigenvalue weighted by molar-refractivity contribution is -0.00120. The minimum Gasteiger partial charge on any atom is -0.329 e. The van der Waals surface area contributed by atoms with Crippen molar-refractivity contribution < 1.29 is 0 Å². The van der Waals surface area contributed by atoms with Gasteiger partial charge in [-0.05, 0) is 44.9 Å². The van der Waals surface area contributed by atoms with Crippen molar-refractivity contribution >= 4 is 0 Å². The van der Waals surface area contributed by atoms with Crippen LogP contribution in [-0.4, -0.2) is 29.6 Å². The highest BCUT2D eigenvalue weighted by Gasteiger charge is 2.39. The second-order valence-corrected chi connectivity index (χ2v) is 6.89. The lowest BCUT2D eigenvalue weighted by Gasteiger charge is -2.50. The van der Waals surface area contributed by atoms with E-state index >= 15 is 0 Å². The molecule has 1 aliphatic carbocycles. The predicted octanol–water partition coefficient (Wildman–Crippen LogP) is 3.01. The maximum absolute atomic E-state index is 6.13. The van der Waals surface area contributed by atoms with Crippen LogP contribution in [0.4, 0.5) is 0 Å². The van der Waals surface area contributed by atoms with E-state index in [2.05, 4.69) is 25.7 Å². The standard InChI is InChI=1S/C15H30N2/c1-12-7-8-13(2)17(10-12)15(3,11-16)9-14-5-4-6-14/h12-14H,4-11,16H2,1-3H3. The van der Waals surface area contributed by atoms with Gasteiger partial charge in [-0.15, -0.1) is 0 Å². The normalized spacial score (nSPS) is 35.3. The number of likely N-dealkylation sites (tertiary alicyclic amines) is 1. The summed E-state index contributed by atoms with van der Waals surface area (Å²) in [5.41, 5.74) is 6.38. The summed E-state index contributed by atoms with van der Waals surface area (Å²) < 4.78 is 0. The van der Waals surface area contributed by atoms with Crippen molar-refractivity contribution in [1.82, 2.24) is 4.90 Å². The van der Waals surface area contributed by atoms with Gasteiger partial charge in [0, 0.05) is 24.7 Å².